The van der Waals surface area contributed by atoms with E-state index < -0.39 is 0 Å². The molecule has 0 nitrogen and oxygen atoms in total. The quantitative estimate of drug-likeness (QED) is 0.572. The van der Waals surface area contributed by atoms with Crippen LogP contribution in [0, 0.1) is 6.92 Å². The largest absolute Gasteiger partial charge is 0.136 e. The lowest BCUT2D eigenvalue weighted by Gasteiger charge is -1.93. The van der Waals surface area contributed by atoms with Crippen molar-refractivity contribution in [3.05, 3.63) is 70.6 Å². The molecule has 3 rings (SSSR count). The third-order valence-corrected chi connectivity index (χ3v) is 4.04. The maximum atomic E-state index is 2.24. The van der Waals surface area contributed by atoms with Crippen LogP contribution in [0.5, 0.6) is 0 Å². The van der Waals surface area contributed by atoms with Crippen LogP contribution in [0.3, 0.4) is 0 Å². The monoisotopic (exact) mass is 250 g/mol. The molecule has 0 saturated carbocycles. The summed E-state index contributed by atoms with van der Waals surface area (Å²) in [7, 11) is 0. The zero-order valence-electron chi connectivity index (χ0n) is 10.3. The van der Waals surface area contributed by atoms with Crippen LogP contribution >= 0.6 is 11.3 Å². The van der Waals surface area contributed by atoms with Crippen molar-refractivity contribution in [1.29, 1.82) is 0 Å². The smallest absolute Gasteiger partial charge is 0.0349 e. The molecule has 18 heavy (non-hydrogen) atoms. The van der Waals surface area contributed by atoms with Crippen LogP contribution in [0.1, 0.15) is 16.0 Å². The molecule has 0 spiro atoms. The summed E-state index contributed by atoms with van der Waals surface area (Å²) < 4.78 is 1.35. The van der Waals surface area contributed by atoms with E-state index in [0.717, 1.165) is 0 Å². The van der Waals surface area contributed by atoms with Gasteiger partial charge >= 0.3 is 0 Å². The Morgan fingerprint density at radius 2 is 1.67 bits per heavy atom. The maximum absolute atomic E-state index is 2.24. The van der Waals surface area contributed by atoms with Gasteiger partial charge in [0.25, 0.3) is 0 Å². The fourth-order valence-electron chi connectivity index (χ4n) is 1.94. The zero-order chi connectivity index (χ0) is 12.4. The first-order chi connectivity index (χ1) is 8.81. The summed E-state index contributed by atoms with van der Waals surface area (Å²) >= 11 is 1.83. The van der Waals surface area contributed by atoms with Crippen LogP contribution < -0.4 is 0 Å². The Bertz CT molecular complexity index is 654. The fraction of sp³-hybridized carbons (Fsp3) is 0.0588. The third-order valence-electron chi connectivity index (χ3n) is 2.96. The molecule has 0 aliphatic rings. The summed E-state index contributed by atoms with van der Waals surface area (Å²) in [6.45, 7) is 2.11. The number of aryl methyl sites for hydroxylation is 1. The number of fused-ring (bicyclic) bond motifs is 1. The topological polar surface area (TPSA) is 0 Å². The minimum Gasteiger partial charge on any atom is -0.136 e. The van der Waals surface area contributed by atoms with E-state index in [4.69, 9.17) is 0 Å². The third kappa shape index (κ3) is 2.36. The van der Waals surface area contributed by atoms with E-state index in [1.165, 1.54) is 26.1 Å². The van der Waals surface area contributed by atoms with Gasteiger partial charge in [-0.15, -0.1) is 11.3 Å². The summed E-state index contributed by atoms with van der Waals surface area (Å²) in [5.41, 5.74) is 2.55. The number of hydrogen-bond acceptors (Lipinski definition) is 1. The summed E-state index contributed by atoms with van der Waals surface area (Å²) in [6, 6.07) is 19.3. The Kier molecular flexibility index (Phi) is 2.99. The van der Waals surface area contributed by atoms with Crippen LogP contribution in [0.25, 0.3) is 22.2 Å². The molecule has 0 N–H and O–H groups in total. The molecule has 2 aromatic carbocycles. The molecule has 0 amide bonds. The van der Waals surface area contributed by atoms with E-state index in [1.807, 2.05) is 11.3 Å². The van der Waals surface area contributed by atoms with Gasteiger partial charge in [-0.05, 0) is 36.1 Å². The Morgan fingerprint density at radius 1 is 0.889 bits per heavy atom. The summed E-state index contributed by atoms with van der Waals surface area (Å²) in [5, 5.41) is 1.33. The number of benzene rings is 2. The second kappa shape index (κ2) is 4.79. The molecular weight excluding hydrogens is 236 g/mol. The number of hydrogen-bond donors (Lipinski definition) is 0. The van der Waals surface area contributed by atoms with Gasteiger partial charge in [0.2, 0.25) is 0 Å². The number of rotatable bonds is 2. The van der Waals surface area contributed by atoms with E-state index >= 15 is 0 Å². The highest BCUT2D eigenvalue weighted by atomic mass is 32.1. The van der Waals surface area contributed by atoms with Gasteiger partial charge in [0, 0.05) is 9.58 Å². The van der Waals surface area contributed by atoms with Crippen molar-refractivity contribution >= 4 is 33.6 Å². The van der Waals surface area contributed by atoms with Gasteiger partial charge in [0.05, 0.1) is 0 Å². The van der Waals surface area contributed by atoms with Crippen LogP contribution in [-0.4, -0.2) is 0 Å². The molecule has 0 atom stereocenters. The predicted molar refractivity (Wildman–Crippen MR) is 81.9 cm³/mol. The van der Waals surface area contributed by atoms with Crippen molar-refractivity contribution in [2.45, 2.75) is 6.92 Å². The zero-order valence-corrected chi connectivity index (χ0v) is 11.1. The minimum absolute atomic E-state index is 1.25. The molecular formula is C17H14S. The molecule has 0 aliphatic carbocycles. The molecule has 1 heterocycles. The second-order valence-electron chi connectivity index (χ2n) is 4.43. The van der Waals surface area contributed by atoms with Crippen molar-refractivity contribution in [2.75, 3.05) is 0 Å². The van der Waals surface area contributed by atoms with E-state index in [1.54, 1.807) is 0 Å². The van der Waals surface area contributed by atoms with Gasteiger partial charge < -0.3 is 0 Å². The highest BCUT2D eigenvalue weighted by Gasteiger charge is 1.97. The first-order valence-electron chi connectivity index (χ1n) is 6.04. The molecule has 0 aliphatic heterocycles. The van der Waals surface area contributed by atoms with Gasteiger partial charge in [0.15, 0.2) is 0 Å². The van der Waals surface area contributed by atoms with Gasteiger partial charge in [-0.25, -0.2) is 0 Å². The van der Waals surface area contributed by atoms with Crippen LogP contribution in [-0.2, 0) is 0 Å². The molecule has 0 saturated heterocycles. The van der Waals surface area contributed by atoms with Crippen LogP contribution in [0.15, 0.2) is 54.6 Å². The van der Waals surface area contributed by atoms with E-state index in [-0.39, 0.29) is 0 Å². The Hall–Kier alpha value is -1.86. The van der Waals surface area contributed by atoms with Crippen molar-refractivity contribution in [3.63, 3.8) is 0 Å². The van der Waals surface area contributed by atoms with E-state index in [9.17, 15) is 0 Å². The average Bonchev–Trinajstić information content (AvgIpc) is 2.81. The molecule has 0 radical (unpaired) electrons. The summed E-state index contributed by atoms with van der Waals surface area (Å²) in [4.78, 5) is 1.30. The molecule has 1 aromatic heterocycles. The Balaban J connectivity index is 1.89. The lowest BCUT2D eigenvalue weighted by atomic mass is 10.1. The van der Waals surface area contributed by atoms with E-state index in [0.29, 0.717) is 0 Å². The van der Waals surface area contributed by atoms with Crippen LogP contribution in [0.2, 0.25) is 0 Å². The first-order valence-corrected chi connectivity index (χ1v) is 6.86. The molecule has 1 heteroatoms. The number of thiophene rings is 1. The summed E-state index contributed by atoms with van der Waals surface area (Å²) in [6.07, 6.45) is 4.36. The molecule has 0 unspecified atom stereocenters. The second-order valence-corrected chi connectivity index (χ2v) is 5.55. The Morgan fingerprint density at radius 3 is 2.44 bits per heavy atom. The van der Waals surface area contributed by atoms with Gasteiger partial charge in [-0.2, -0.15) is 0 Å². The lowest BCUT2D eigenvalue weighted by molar-refractivity contribution is 1.46. The average molecular weight is 250 g/mol. The van der Waals surface area contributed by atoms with Crippen molar-refractivity contribution in [2.24, 2.45) is 0 Å². The first kappa shape index (κ1) is 11.2. The maximum Gasteiger partial charge on any atom is 0.0349 e. The van der Waals surface area contributed by atoms with Crippen LogP contribution in [0.4, 0.5) is 0 Å². The normalized spacial score (nSPS) is 11.4. The van der Waals surface area contributed by atoms with Crippen molar-refractivity contribution in [3.8, 4) is 0 Å². The lowest BCUT2D eigenvalue weighted by Crippen LogP contribution is -1.72. The minimum atomic E-state index is 1.25. The molecule has 88 valence electrons. The molecule has 0 fully saturated rings. The van der Waals surface area contributed by atoms with Gasteiger partial charge in [-0.3, -0.25) is 0 Å². The van der Waals surface area contributed by atoms with E-state index in [2.05, 4.69) is 73.7 Å². The standard InChI is InChI=1S/C17H14S/c1-13-6-8-14(9-7-13)10-11-16-12-15-4-2-3-5-17(15)18-16/h2-12H,1H3/b11-10+. The van der Waals surface area contributed by atoms with Crippen molar-refractivity contribution in [1.82, 2.24) is 0 Å². The fourth-order valence-corrected chi connectivity index (χ4v) is 2.91. The van der Waals surface area contributed by atoms with Gasteiger partial charge in [0.1, 0.15) is 0 Å². The highest BCUT2D eigenvalue weighted by molar-refractivity contribution is 7.19. The molecule has 3 aromatic rings. The SMILES string of the molecule is Cc1ccc(/C=C/c2cc3ccccc3s2)cc1. The van der Waals surface area contributed by atoms with Crippen molar-refractivity contribution < 1.29 is 0 Å². The highest BCUT2D eigenvalue weighted by Crippen LogP contribution is 2.26. The van der Waals surface area contributed by atoms with Gasteiger partial charge in [-0.1, -0.05) is 54.1 Å². The summed E-state index contributed by atoms with van der Waals surface area (Å²) in [5.74, 6) is 0. The predicted octanol–water partition coefficient (Wildman–Crippen LogP) is 5.38. The molecule has 0 bridgehead atoms. The Labute approximate surface area is 111 Å².